The Balaban J connectivity index is 3.10. The van der Waals surface area contributed by atoms with Crippen molar-refractivity contribution in [1.82, 2.24) is 0 Å². The highest BCUT2D eigenvalue weighted by atomic mass is 32.2. The summed E-state index contributed by atoms with van der Waals surface area (Å²) in [6.45, 7) is 1.70. The van der Waals surface area contributed by atoms with E-state index in [4.69, 9.17) is 4.55 Å². The van der Waals surface area contributed by atoms with Crippen LogP contribution in [0.3, 0.4) is 0 Å². The summed E-state index contributed by atoms with van der Waals surface area (Å²) in [6, 6.07) is 3.09. The van der Waals surface area contributed by atoms with Crippen LogP contribution < -0.4 is 0 Å². The standard InChI is InChI=1S/C9H9FO4S/c1-2-14-9(11)7-5-6(15(12)13)3-4-8(7)10/h3-5H,2H2,1H3,(H,12,13). The van der Waals surface area contributed by atoms with E-state index in [9.17, 15) is 13.4 Å². The third-order valence-corrected chi connectivity index (χ3v) is 2.29. The molecule has 0 amide bonds. The van der Waals surface area contributed by atoms with Gasteiger partial charge >= 0.3 is 5.97 Å². The zero-order valence-corrected chi connectivity index (χ0v) is 8.71. The van der Waals surface area contributed by atoms with Gasteiger partial charge in [-0.3, -0.25) is 0 Å². The largest absolute Gasteiger partial charge is 0.462 e. The maximum absolute atomic E-state index is 13.1. The lowest BCUT2D eigenvalue weighted by molar-refractivity contribution is 0.0520. The Hall–Kier alpha value is -1.27. The molecule has 1 unspecified atom stereocenters. The molecule has 6 heteroatoms. The fourth-order valence-corrected chi connectivity index (χ4v) is 1.38. The molecule has 15 heavy (non-hydrogen) atoms. The van der Waals surface area contributed by atoms with E-state index in [0.717, 1.165) is 18.2 Å². The molecule has 82 valence electrons. The molecule has 0 aliphatic rings. The molecule has 0 aliphatic carbocycles. The van der Waals surface area contributed by atoms with E-state index in [1.807, 2.05) is 0 Å². The highest BCUT2D eigenvalue weighted by molar-refractivity contribution is 7.79. The molecule has 1 aromatic carbocycles. The van der Waals surface area contributed by atoms with Gasteiger partial charge in [-0.05, 0) is 25.1 Å². The third-order valence-electron chi connectivity index (χ3n) is 1.63. The van der Waals surface area contributed by atoms with Crippen LogP contribution in [-0.4, -0.2) is 21.3 Å². The maximum Gasteiger partial charge on any atom is 0.341 e. The van der Waals surface area contributed by atoms with E-state index in [2.05, 4.69) is 4.74 Å². The third kappa shape index (κ3) is 2.84. The molecule has 0 spiro atoms. The fraction of sp³-hybridized carbons (Fsp3) is 0.222. The van der Waals surface area contributed by atoms with Crippen molar-refractivity contribution in [2.75, 3.05) is 6.61 Å². The van der Waals surface area contributed by atoms with Crippen LogP contribution >= 0.6 is 0 Å². The SMILES string of the molecule is CCOC(=O)c1cc(S(=O)O)ccc1F. The summed E-state index contributed by atoms with van der Waals surface area (Å²) in [7, 11) is 0. The molecular weight excluding hydrogens is 223 g/mol. The first-order valence-corrected chi connectivity index (χ1v) is 5.24. The fourth-order valence-electron chi connectivity index (χ4n) is 0.978. The van der Waals surface area contributed by atoms with Crippen LogP contribution in [0.5, 0.6) is 0 Å². The zero-order chi connectivity index (χ0) is 11.4. The van der Waals surface area contributed by atoms with Gasteiger partial charge in [0.05, 0.1) is 17.1 Å². The number of esters is 1. The molecule has 0 bridgehead atoms. The first-order chi connectivity index (χ1) is 7.06. The topological polar surface area (TPSA) is 63.6 Å². The average molecular weight is 232 g/mol. The minimum absolute atomic E-state index is 0.0422. The molecule has 0 fully saturated rings. The molecule has 1 N–H and O–H groups in total. The van der Waals surface area contributed by atoms with Crippen molar-refractivity contribution in [1.29, 1.82) is 0 Å². The molecule has 0 radical (unpaired) electrons. The molecule has 0 aliphatic heterocycles. The number of hydrogen-bond donors (Lipinski definition) is 1. The zero-order valence-electron chi connectivity index (χ0n) is 7.90. The van der Waals surface area contributed by atoms with Crippen LogP contribution in [0.2, 0.25) is 0 Å². The Morgan fingerprint density at radius 1 is 1.60 bits per heavy atom. The average Bonchev–Trinajstić information content (AvgIpc) is 2.18. The highest BCUT2D eigenvalue weighted by Crippen LogP contribution is 2.14. The van der Waals surface area contributed by atoms with E-state index >= 15 is 0 Å². The summed E-state index contributed by atoms with van der Waals surface area (Å²) < 4.78 is 37.1. The monoisotopic (exact) mass is 232 g/mol. The summed E-state index contributed by atoms with van der Waals surface area (Å²) in [6.07, 6.45) is 0. The van der Waals surface area contributed by atoms with Gasteiger partial charge in [-0.2, -0.15) is 0 Å². The highest BCUT2D eigenvalue weighted by Gasteiger charge is 2.14. The number of carbonyl (C=O) groups excluding carboxylic acids is 1. The predicted octanol–water partition coefficient (Wildman–Crippen LogP) is 1.58. The van der Waals surface area contributed by atoms with Crippen LogP contribution in [0.15, 0.2) is 23.1 Å². The van der Waals surface area contributed by atoms with Gasteiger partial charge in [-0.25, -0.2) is 13.4 Å². The van der Waals surface area contributed by atoms with E-state index < -0.39 is 22.9 Å². The molecule has 0 heterocycles. The Labute approximate surface area is 88.3 Å². The number of hydrogen-bond acceptors (Lipinski definition) is 3. The summed E-state index contributed by atoms with van der Waals surface area (Å²) in [5.41, 5.74) is -0.336. The smallest absolute Gasteiger partial charge is 0.341 e. The van der Waals surface area contributed by atoms with Crippen molar-refractivity contribution in [2.24, 2.45) is 0 Å². The minimum atomic E-state index is -2.24. The molecule has 1 aromatic rings. The first-order valence-electron chi connectivity index (χ1n) is 4.13. The van der Waals surface area contributed by atoms with Crippen molar-refractivity contribution < 1.29 is 22.7 Å². The van der Waals surface area contributed by atoms with Crippen LogP contribution in [0.4, 0.5) is 4.39 Å². The van der Waals surface area contributed by atoms with Gasteiger partial charge in [0.25, 0.3) is 0 Å². The van der Waals surface area contributed by atoms with Gasteiger partial charge in [0.1, 0.15) is 5.82 Å². The Bertz CT molecular complexity index is 405. The van der Waals surface area contributed by atoms with Gasteiger partial charge in [0.2, 0.25) is 0 Å². The first kappa shape index (κ1) is 11.8. The minimum Gasteiger partial charge on any atom is -0.462 e. The van der Waals surface area contributed by atoms with Crippen molar-refractivity contribution in [3.05, 3.63) is 29.6 Å². The van der Waals surface area contributed by atoms with Crippen molar-refractivity contribution in [3.8, 4) is 0 Å². The second-order valence-corrected chi connectivity index (χ2v) is 3.58. The molecular formula is C9H9FO4S. The molecule has 0 aromatic heterocycles. The summed E-state index contributed by atoms with van der Waals surface area (Å²) in [5, 5.41) is 0. The van der Waals surface area contributed by atoms with Gasteiger partial charge in [-0.1, -0.05) is 0 Å². The molecule has 4 nitrogen and oxygen atoms in total. The van der Waals surface area contributed by atoms with Gasteiger partial charge < -0.3 is 9.29 Å². The van der Waals surface area contributed by atoms with Crippen LogP contribution in [-0.2, 0) is 15.8 Å². The van der Waals surface area contributed by atoms with E-state index in [1.165, 1.54) is 0 Å². The van der Waals surface area contributed by atoms with Crippen LogP contribution in [0.1, 0.15) is 17.3 Å². The number of benzene rings is 1. The number of ether oxygens (including phenoxy) is 1. The number of carbonyl (C=O) groups is 1. The second-order valence-electron chi connectivity index (χ2n) is 2.61. The Morgan fingerprint density at radius 3 is 2.80 bits per heavy atom. The molecule has 1 atom stereocenters. The maximum atomic E-state index is 13.1. The van der Waals surface area contributed by atoms with E-state index in [1.54, 1.807) is 6.92 Å². The van der Waals surface area contributed by atoms with Crippen molar-refractivity contribution >= 4 is 17.0 Å². The molecule has 0 saturated heterocycles. The second kappa shape index (κ2) is 4.99. The van der Waals surface area contributed by atoms with E-state index in [-0.39, 0.29) is 17.1 Å². The summed E-state index contributed by atoms with van der Waals surface area (Å²) >= 11 is -2.24. The van der Waals surface area contributed by atoms with Gasteiger partial charge in [0.15, 0.2) is 11.1 Å². The van der Waals surface area contributed by atoms with Gasteiger partial charge in [0, 0.05) is 0 Å². The lowest BCUT2D eigenvalue weighted by Crippen LogP contribution is -2.08. The Morgan fingerprint density at radius 2 is 2.27 bits per heavy atom. The number of halogens is 1. The van der Waals surface area contributed by atoms with Crippen LogP contribution in [0, 0.1) is 5.82 Å². The predicted molar refractivity (Wildman–Crippen MR) is 51.4 cm³/mol. The Kier molecular flexibility index (Phi) is 3.93. The number of rotatable bonds is 3. The lowest BCUT2D eigenvalue weighted by Gasteiger charge is -2.03. The normalized spacial score (nSPS) is 12.2. The summed E-state index contributed by atoms with van der Waals surface area (Å²) in [4.78, 5) is 11.2. The van der Waals surface area contributed by atoms with E-state index in [0.29, 0.717) is 0 Å². The quantitative estimate of drug-likeness (QED) is 0.634. The molecule has 1 rings (SSSR count). The molecule has 0 saturated carbocycles. The van der Waals surface area contributed by atoms with Gasteiger partial charge in [-0.15, -0.1) is 0 Å². The van der Waals surface area contributed by atoms with Crippen molar-refractivity contribution in [3.63, 3.8) is 0 Å². The lowest BCUT2D eigenvalue weighted by atomic mass is 10.2. The van der Waals surface area contributed by atoms with Crippen LogP contribution in [0.25, 0.3) is 0 Å². The summed E-state index contributed by atoms with van der Waals surface area (Å²) in [5.74, 6) is -1.62. The van der Waals surface area contributed by atoms with Crippen molar-refractivity contribution in [2.45, 2.75) is 11.8 Å².